The van der Waals surface area contributed by atoms with Crippen molar-refractivity contribution in [1.29, 1.82) is 0 Å². The first-order chi connectivity index (χ1) is 13.1. The van der Waals surface area contributed by atoms with E-state index in [9.17, 15) is 4.79 Å². The molecular weight excluding hydrogens is 366 g/mol. The zero-order valence-corrected chi connectivity index (χ0v) is 16.4. The van der Waals surface area contributed by atoms with Gasteiger partial charge in [0.15, 0.2) is 11.5 Å². The van der Waals surface area contributed by atoms with E-state index in [1.165, 1.54) is 12.8 Å². The van der Waals surface area contributed by atoms with Crippen LogP contribution in [-0.2, 0) is 11.3 Å². The predicted molar refractivity (Wildman–Crippen MR) is 104 cm³/mol. The van der Waals surface area contributed by atoms with Gasteiger partial charge < -0.3 is 14.8 Å². The van der Waals surface area contributed by atoms with Gasteiger partial charge >= 0.3 is 0 Å². The molecule has 0 saturated heterocycles. The van der Waals surface area contributed by atoms with E-state index in [2.05, 4.69) is 10.4 Å². The molecule has 0 bridgehead atoms. The Morgan fingerprint density at radius 3 is 2.74 bits per heavy atom. The highest BCUT2D eigenvalue weighted by molar-refractivity contribution is 6.32. The molecule has 0 radical (unpaired) electrons. The molecule has 1 aromatic heterocycles. The van der Waals surface area contributed by atoms with Crippen molar-refractivity contribution in [1.82, 2.24) is 9.78 Å². The maximum absolute atomic E-state index is 12.4. The Kier molecular flexibility index (Phi) is 5.00. The van der Waals surface area contributed by atoms with Crippen molar-refractivity contribution in [2.75, 3.05) is 18.5 Å². The monoisotopic (exact) mass is 389 g/mol. The van der Waals surface area contributed by atoms with Crippen LogP contribution in [0.1, 0.15) is 50.2 Å². The number of fused-ring (bicyclic) bond motifs is 1. The largest absolute Gasteiger partial charge is 0.490 e. The van der Waals surface area contributed by atoms with E-state index in [-0.39, 0.29) is 11.8 Å². The van der Waals surface area contributed by atoms with E-state index in [4.69, 9.17) is 21.1 Å². The molecule has 144 valence electrons. The number of hydrogen-bond acceptors (Lipinski definition) is 4. The lowest BCUT2D eigenvalue weighted by Gasteiger charge is -2.25. The van der Waals surface area contributed by atoms with Crippen molar-refractivity contribution < 1.29 is 14.3 Å². The van der Waals surface area contributed by atoms with Crippen molar-refractivity contribution in [3.8, 4) is 11.5 Å². The Morgan fingerprint density at radius 2 is 2.04 bits per heavy atom. The summed E-state index contributed by atoms with van der Waals surface area (Å²) in [5.41, 5.74) is 1.96. The average molecular weight is 390 g/mol. The first kappa shape index (κ1) is 18.2. The van der Waals surface area contributed by atoms with Crippen molar-refractivity contribution in [3.63, 3.8) is 0 Å². The maximum atomic E-state index is 12.4. The zero-order chi connectivity index (χ0) is 19.0. The maximum Gasteiger partial charge on any atom is 0.226 e. The quantitative estimate of drug-likeness (QED) is 0.770. The molecule has 0 spiro atoms. The topological polar surface area (TPSA) is 65.4 Å². The van der Waals surface area contributed by atoms with E-state index in [0.29, 0.717) is 42.1 Å². The number of halogens is 1. The van der Waals surface area contributed by atoms with Gasteiger partial charge in [0, 0.05) is 24.4 Å². The summed E-state index contributed by atoms with van der Waals surface area (Å²) in [4.78, 5) is 12.4. The Balaban J connectivity index is 1.73. The van der Waals surface area contributed by atoms with Gasteiger partial charge in [-0.15, -0.1) is 0 Å². The number of carbonyl (C=O) groups excluding carboxylic acids is 1. The highest BCUT2D eigenvalue weighted by atomic mass is 35.5. The Hall–Kier alpha value is -2.21. The fourth-order valence-corrected chi connectivity index (χ4v) is 3.86. The van der Waals surface area contributed by atoms with E-state index >= 15 is 0 Å². The number of carbonyl (C=O) groups is 1. The summed E-state index contributed by atoms with van der Waals surface area (Å²) in [5, 5.41) is 8.03. The standard InChI is InChI=1S/C20H24ClN3O3/c1-3-26-17-8-13(7-16(21)19(17)27-4-2)14-9-18(25)23-20-15(14)10-22-24(20)11-12-5-6-12/h7-8,10,12,14H,3-6,9,11H2,1-2H3,(H,23,25). The molecule has 4 rings (SSSR count). The number of nitrogens with one attached hydrogen (secondary N) is 1. The number of rotatable bonds is 7. The number of amides is 1. The van der Waals surface area contributed by atoms with Crippen LogP contribution in [-0.4, -0.2) is 28.9 Å². The van der Waals surface area contributed by atoms with Gasteiger partial charge in [-0.1, -0.05) is 11.6 Å². The lowest BCUT2D eigenvalue weighted by atomic mass is 9.87. The van der Waals surface area contributed by atoms with Gasteiger partial charge in [-0.05, 0) is 50.3 Å². The average Bonchev–Trinajstić information content (AvgIpc) is 3.37. The highest BCUT2D eigenvalue weighted by Gasteiger charge is 2.32. The summed E-state index contributed by atoms with van der Waals surface area (Å²) in [6, 6.07) is 3.81. The summed E-state index contributed by atoms with van der Waals surface area (Å²) in [6.07, 6.45) is 4.70. The van der Waals surface area contributed by atoms with Gasteiger partial charge in [0.2, 0.25) is 5.91 Å². The Bertz CT molecular complexity index is 860. The second-order valence-corrected chi connectivity index (χ2v) is 7.48. The minimum absolute atomic E-state index is 0.00647. The number of ether oxygens (including phenoxy) is 2. The Morgan fingerprint density at radius 1 is 1.26 bits per heavy atom. The molecule has 7 heteroatoms. The summed E-state index contributed by atoms with van der Waals surface area (Å²) in [5.74, 6) is 2.54. The third kappa shape index (κ3) is 3.63. The molecule has 2 aromatic rings. The number of benzene rings is 1. The molecular formula is C20H24ClN3O3. The summed E-state index contributed by atoms with van der Waals surface area (Å²) in [7, 11) is 0. The molecule has 1 saturated carbocycles. The van der Waals surface area contributed by atoms with Crippen LogP contribution >= 0.6 is 11.6 Å². The van der Waals surface area contributed by atoms with Gasteiger partial charge in [0.25, 0.3) is 0 Å². The normalized spacial score (nSPS) is 18.8. The molecule has 1 unspecified atom stereocenters. The molecule has 1 aliphatic carbocycles. The van der Waals surface area contributed by atoms with Crippen molar-refractivity contribution in [2.24, 2.45) is 5.92 Å². The summed E-state index contributed by atoms with van der Waals surface area (Å²) in [6.45, 7) is 5.70. The molecule has 1 N–H and O–H groups in total. The molecule has 1 fully saturated rings. The van der Waals surface area contributed by atoms with E-state index in [0.717, 1.165) is 23.5 Å². The molecule has 27 heavy (non-hydrogen) atoms. The van der Waals surface area contributed by atoms with Gasteiger partial charge in [0.05, 0.1) is 24.4 Å². The molecule has 6 nitrogen and oxygen atoms in total. The van der Waals surface area contributed by atoms with Crippen LogP contribution in [0, 0.1) is 5.92 Å². The lowest BCUT2D eigenvalue weighted by molar-refractivity contribution is -0.116. The fraction of sp³-hybridized carbons (Fsp3) is 0.500. The van der Waals surface area contributed by atoms with Gasteiger partial charge in [0.1, 0.15) is 5.82 Å². The number of aromatic nitrogens is 2. The molecule has 1 atom stereocenters. The highest BCUT2D eigenvalue weighted by Crippen LogP contribution is 2.44. The molecule has 1 aromatic carbocycles. The van der Waals surface area contributed by atoms with Crippen LogP contribution in [0.25, 0.3) is 0 Å². The minimum atomic E-state index is -0.103. The van der Waals surface area contributed by atoms with Crippen LogP contribution in [0.2, 0.25) is 5.02 Å². The molecule has 1 amide bonds. The van der Waals surface area contributed by atoms with Crippen LogP contribution < -0.4 is 14.8 Å². The van der Waals surface area contributed by atoms with Gasteiger partial charge in [-0.2, -0.15) is 5.10 Å². The van der Waals surface area contributed by atoms with Crippen molar-refractivity contribution >= 4 is 23.3 Å². The van der Waals surface area contributed by atoms with Crippen LogP contribution in [0.3, 0.4) is 0 Å². The third-order valence-electron chi connectivity index (χ3n) is 5.04. The predicted octanol–water partition coefficient (Wildman–Crippen LogP) is 4.22. The first-order valence-corrected chi connectivity index (χ1v) is 9.93. The summed E-state index contributed by atoms with van der Waals surface area (Å²) >= 11 is 6.49. The third-order valence-corrected chi connectivity index (χ3v) is 5.32. The number of anilines is 1. The van der Waals surface area contributed by atoms with Gasteiger partial charge in [-0.3, -0.25) is 4.79 Å². The van der Waals surface area contributed by atoms with E-state index < -0.39 is 0 Å². The number of nitrogens with zero attached hydrogens (tertiary/aromatic N) is 2. The van der Waals surface area contributed by atoms with Crippen LogP contribution in [0.4, 0.5) is 5.82 Å². The van der Waals surface area contributed by atoms with Crippen molar-refractivity contribution in [2.45, 2.75) is 45.6 Å². The van der Waals surface area contributed by atoms with Gasteiger partial charge in [-0.25, -0.2) is 4.68 Å². The first-order valence-electron chi connectivity index (χ1n) is 9.55. The SMILES string of the molecule is CCOc1cc(C2CC(=O)Nc3c2cnn3CC2CC2)cc(Cl)c1OCC. The minimum Gasteiger partial charge on any atom is -0.490 e. The molecule has 2 aliphatic rings. The zero-order valence-electron chi connectivity index (χ0n) is 15.6. The fourth-order valence-electron chi connectivity index (χ4n) is 3.59. The van der Waals surface area contributed by atoms with Crippen molar-refractivity contribution in [3.05, 3.63) is 34.5 Å². The summed E-state index contributed by atoms with van der Waals surface area (Å²) < 4.78 is 13.3. The van der Waals surface area contributed by atoms with Crippen LogP contribution in [0.5, 0.6) is 11.5 Å². The smallest absolute Gasteiger partial charge is 0.226 e. The number of hydrogen-bond donors (Lipinski definition) is 1. The second-order valence-electron chi connectivity index (χ2n) is 7.07. The molecule has 2 heterocycles. The second kappa shape index (κ2) is 7.43. The Labute approximate surface area is 163 Å². The lowest BCUT2D eigenvalue weighted by Crippen LogP contribution is -2.25. The van der Waals surface area contributed by atoms with E-state index in [1.54, 1.807) is 0 Å². The van der Waals surface area contributed by atoms with Crippen LogP contribution in [0.15, 0.2) is 18.3 Å². The molecule has 1 aliphatic heterocycles. The van der Waals surface area contributed by atoms with E-state index in [1.807, 2.05) is 36.9 Å².